The third-order valence-corrected chi connectivity index (χ3v) is 14.2. The molecule has 68 heavy (non-hydrogen) atoms. The predicted octanol–water partition coefficient (Wildman–Crippen LogP) is 9.67. The smallest absolute Gasteiger partial charge is 0.224 e. The molecule has 6 heterocycles. The fourth-order valence-corrected chi connectivity index (χ4v) is 10.7. The van der Waals surface area contributed by atoms with Gasteiger partial charge in [0.05, 0.1) is 50.8 Å². The number of benzene rings is 2. The minimum absolute atomic E-state index is 0.0500. The summed E-state index contributed by atoms with van der Waals surface area (Å²) in [5, 5.41) is 16.4. The zero-order valence-electron chi connectivity index (χ0n) is 40.7. The van der Waals surface area contributed by atoms with Crippen molar-refractivity contribution in [2.75, 3.05) is 47.9 Å². The molecule has 6 atom stereocenters. The highest BCUT2D eigenvalue weighted by Gasteiger charge is 2.49. The topological polar surface area (TPSA) is 145 Å². The molecule has 0 spiro atoms. The van der Waals surface area contributed by atoms with Crippen LogP contribution >= 0.6 is 0 Å². The Hall–Kier alpha value is -6.38. The van der Waals surface area contributed by atoms with Gasteiger partial charge in [-0.25, -0.2) is 9.97 Å². The number of nitrogens with one attached hydrogen (secondary N) is 2. The molecular formula is C54H66N10O4. The second-order valence-corrected chi connectivity index (χ2v) is 19.2. The summed E-state index contributed by atoms with van der Waals surface area (Å²) in [5.41, 5.74) is 10.5. The average molecular weight is 919 g/mol. The van der Waals surface area contributed by atoms with E-state index in [1.807, 2.05) is 94.2 Å². The highest BCUT2D eigenvalue weighted by atomic mass is 16.5. The molecule has 0 unspecified atom stereocenters. The van der Waals surface area contributed by atoms with E-state index < -0.39 is 0 Å². The Balaban J connectivity index is 0.000000170. The number of hydrogen-bond donors (Lipinski definition) is 2. The third-order valence-electron chi connectivity index (χ3n) is 14.2. The average Bonchev–Trinajstić information content (AvgIpc) is 4.25. The summed E-state index contributed by atoms with van der Waals surface area (Å²) in [6, 6.07) is 25.5. The molecule has 4 aliphatic rings. The first kappa shape index (κ1) is 46.7. The maximum Gasteiger partial charge on any atom is 0.224 e. The van der Waals surface area contributed by atoms with E-state index in [1.54, 1.807) is 28.1 Å². The molecule has 2 saturated carbocycles. The number of amides is 2. The zero-order valence-corrected chi connectivity index (χ0v) is 40.7. The molecule has 2 fully saturated rings. The Kier molecular flexibility index (Phi) is 13.8. The molecule has 356 valence electrons. The van der Waals surface area contributed by atoms with Gasteiger partial charge in [0, 0.05) is 98.3 Å². The first-order chi connectivity index (χ1) is 32.9. The van der Waals surface area contributed by atoms with Crippen LogP contribution in [0.1, 0.15) is 88.0 Å². The normalized spacial score (nSPS) is 21.9. The summed E-state index contributed by atoms with van der Waals surface area (Å²) in [6.45, 7) is 14.6. The van der Waals surface area contributed by atoms with Gasteiger partial charge in [-0.15, -0.1) is 0 Å². The summed E-state index contributed by atoms with van der Waals surface area (Å²) in [4.78, 5) is 39.3. The number of anilines is 4. The van der Waals surface area contributed by atoms with E-state index >= 15 is 0 Å². The number of nitrogens with zero attached hydrogens (tertiary/aromatic N) is 8. The number of methoxy groups -OCH3 is 2. The largest absolute Gasteiger partial charge is 0.383 e. The van der Waals surface area contributed by atoms with E-state index in [9.17, 15) is 9.59 Å². The van der Waals surface area contributed by atoms with Gasteiger partial charge in [-0.05, 0) is 122 Å². The minimum Gasteiger partial charge on any atom is -0.383 e. The molecular weight excluding hydrogens is 853 g/mol. The maximum atomic E-state index is 12.9. The molecule has 0 radical (unpaired) electrons. The molecule has 14 heteroatoms. The molecule has 4 aromatic heterocycles. The number of fused-ring (bicyclic) bond motifs is 2. The molecule has 2 aliphatic heterocycles. The molecule has 6 aromatic rings. The summed E-state index contributed by atoms with van der Waals surface area (Å²) in [7, 11) is 3.39. The van der Waals surface area contributed by atoms with Crippen molar-refractivity contribution in [3.05, 3.63) is 120 Å². The van der Waals surface area contributed by atoms with Gasteiger partial charge in [0.15, 0.2) is 0 Å². The number of aryl methyl sites for hydroxylation is 2. The summed E-state index contributed by atoms with van der Waals surface area (Å²) in [6.07, 6.45) is 12.6. The van der Waals surface area contributed by atoms with E-state index in [-0.39, 0.29) is 47.8 Å². The molecule has 2 amide bonds. The standard InChI is InChI=1S/2C27H33N5O2/c2*1-17-6-5-7-25(29-17)30-26-18(2)27(20-8-9-20)32(19(3)33)24-11-10-21(14-23(24)26)22-15-28-31(16-22)12-13-34-4/h2*5-7,10-11,14-16,18,20,26-27H,8-9,12-13H2,1-4H3,(H,29,30)/t2*18-,26-,27-/m10/s1. The van der Waals surface area contributed by atoms with E-state index in [2.05, 4.69) is 71.1 Å². The van der Waals surface area contributed by atoms with Crippen LogP contribution in [0.5, 0.6) is 0 Å². The van der Waals surface area contributed by atoms with Gasteiger partial charge in [0.1, 0.15) is 11.6 Å². The fourth-order valence-electron chi connectivity index (χ4n) is 10.7. The number of carbonyl (C=O) groups is 2. The van der Waals surface area contributed by atoms with Gasteiger partial charge in [-0.2, -0.15) is 10.2 Å². The highest BCUT2D eigenvalue weighted by Crippen LogP contribution is 2.52. The molecule has 14 nitrogen and oxygen atoms in total. The Labute approximate surface area is 400 Å². The van der Waals surface area contributed by atoms with Crippen molar-refractivity contribution in [3.63, 3.8) is 0 Å². The molecule has 2 N–H and O–H groups in total. The van der Waals surface area contributed by atoms with Crippen molar-refractivity contribution < 1.29 is 19.1 Å². The Morgan fingerprint density at radius 2 is 1.01 bits per heavy atom. The van der Waals surface area contributed by atoms with Gasteiger partial charge in [-0.3, -0.25) is 19.0 Å². The maximum absolute atomic E-state index is 12.9. The van der Waals surface area contributed by atoms with E-state index in [4.69, 9.17) is 19.4 Å². The lowest BCUT2D eigenvalue weighted by Crippen LogP contribution is -2.51. The second kappa shape index (κ2) is 20.1. The van der Waals surface area contributed by atoms with Gasteiger partial charge in [0.2, 0.25) is 11.8 Å². The quantitative estimate of drug-likeness (QED) is 0.108. The minimum atomic E-state index is 0.0500. The number of hydrogen-bond acceptors (Lipinski definition) is 10. The number of carbonyl (C=O) groups excluding carboxylic acids is 2. The van der Waals surface area contributed by atoms with Crippen LogP contribution in [0, 0.1) is 37.5 Å². The number of aromatic nitrogens is 6. The predicted molar refractivity (Wildman–Crippen MR) is 267 cm³/mol. The number of rotatable bonds is 14. The Bertz CT molecular complexity index is 2560. The van der Waals surface area contributed by atoms with Crippen LogP contribution in [0.25, 0.3) is 22.3 Å². The van der Waals surface area contributed by atoms with Gasteiger partial charge >= 0.3 is 0 Å². The van der Waals surface area contributed by atoms with E-state index in [0.29, 0.717) is 38.1 Å². The van der Waals surface area contributed by atoms with Crippen LogP contribution in [0.15, 0.2) is 97.6 Å². The van der Waals surface area contributed by atoms with Gasteiger partial charge in [-0.1, -0.05) is 38.1 Å². The first-order valence-electron chi connectivity index (χ1n) is 24.2. The first-order valence-corrected chi connectivity index (χ1v) is 24.2. The van der Waals surface area contributed by atoms with Crippen LogP contribution in [0.3, 0.4) is 0 Å². The second-order valence-electron chi connectivity index (χ2n) is 19.2. The Morgan fingerprint density at radius 3 is 1.37 bits per heavy atom. The van der Waals surface area contributed by atoms with Crippen LogP contribution in [0.2, 0.25) is 0 Å². The van der Waals surface area contributed by atoms with Gasteiger partial charge < -0.3 is 29.9 Å². The fraction of sp³-hybridized carbons (Fsp3) is 0.444. The number of ether oxygens (including phenoxy) is 2. The van der Waals surface area contributed by atoms with Crippen LogP contribution < -0.4 is 20.4 Å². The molecule has 2 aromatic carbocycles. The third kappa shape index (κ3) is 9.93. The van der Waals surface area contributed by atoms with Crippen LogP contribution in [0.4, 0.5) is 23.0 Å². The monoisotopic (exact) mass is 919 g/mol. The van der Waals surface area contributed by atoms with Crippen molar-refractivity contribution in [3.8, 4) is 22.3 Å². The number of pyridine rings is 2. The lowest BCUT2D eigenvalue weighted by molar-refractivity contribution is -0.118. The van der Waals surface area contributed by atoms with Crippen molar-refractivity contribution in [2.24, 2.45) is 23.7 Å². The zero-order chi connectivity index (χ0) is 47.6. The van der Waals surface area contributed by atoms with E-state index in [0.717, 1.165) is 67.8 Å². The lowest BCUT2D eigenvalue weighted by Gasteiger charge is -2.46. The van der Waals surface area contributed by atoms with Crippen molar-refractivity contribution >= 4 is 34.8 Å². The molecule has 0 bridgehead atoms. The molecule has 10 rings (SSSR count). The van der Waals surface area contributed by atoms with Crippen molar-refractivity contribution in [1.29, 1.82) is 0 Å². The van der Waals surface area contributed by atoms with Gasteiger partial charge in [0.25, 0.3) is 0 Å². The molecule has 2 aliphatic carbocycles. The molecule has 0 saturated heterocycles. The van der Waals surface area contributed by atoms with E-state index in [1.165, 1.54) is 25.7 Å². The highest BCUT2D eigenvalue weighted by molar-refractivity contribution is 5.95. The Morgan fingerprint density at radius 1 is 0.603 bits per heavy atom. The lowest BCUT2D eigenvalue weighted by atomic mass is 9.79. The summed E-state index contributed by atoms with van der Waals surface area (Å²) < 4.78 is 14.2. The SMILES string of the molecule is COCCn1cc(-c2ccc3c(c2)[C@@H](Nc2cccc(C)n2)[C@H](C)[C@@H](C2CC2)N3C(C)=O)cn1.COCCn1cc(-c2ccc3c(c2)[C@H](Nc2cccc(C)n2)[C@@H](C)[C@H](C2CC2)N3C(C)=O)cn1. The summed E-state index contributed by atoms with van der Waals surface area (Å²) >= 11 is 0. The van der Waals surface area contributed by atoms with Crippen molar-refractivity contribution in [1.82, 2.24) is 29.5 Å². The van der Waals surface area contributed by atoms with Crippen LogP contribution in [-0.4, -0.2) is 80.9 Å². The van der Waals surface area contributed by atoms with Crippen LogP contribution in [-0.2, 0) is 32.2 Å². The van der Waals surface area contributed by atoms with Crippen molar-refractivity contribution in [2.45, 2.75) is 104 Å². The summed E-state index contributed by atoms with van der Waals surface area (Å²) in [5.74, 6) is 3.55.